The Hall–Kier alpha value is -2.80. The molecule has 0 aliphatic carbocycles. The molecule has 8 heteroatoms. The van der Waals surface area contributed by atoms with E-state index in [0.29, 0.717) is 11.5 Å². The molecule has 136 valence electrons. The largest absolute Gasteiger partial charge is 0.454 e. The number of hydrogen-bond acceptors (Lipinski definition) is 5. The number of hydrogen-bond donors (Lipinski definition) is 1. The number of benzene rings is 2. The lowest BCUT2D eigenvalue weighted by atomic mass is 10.2. The third-order valence-corrected chi connectivity index (χ3v) is 3.94. The van der Waals surface area contributed by atoms with Crippen molar-refractivity contribution in [2.75, 3.05) is 6.79 Å². The van der Waals surface area contributed by atoms with Gasteiger partial charge in [0.1, 0.15) is 5.82 Å². The SMILES string of the molecule is C[C@H](OC(=O)c1ccc(Cl)cc1F)C(=O)NCc1ccc2c(c1)OCO2. The van der Waals surface area contributed by atoms with Crippen LogP contribution in [0.4, 0.5) is 4.39 Å². The van der Waals surface area contributed by atoms with Crippen LogP contribution < -0.4 is 14.8 Å². The molecule has 1 heterocycles. The van der Waals surface area contributed by atoms with Crippen molar-refractivity contribution in [1.29, 1.82) is 0 Å². The molecule has 0 saturated carbocycles. The number of fused-ring (bicyclic) bond motifs is 1. The van der Waals surface area contributed by atoms with Crippen LogP contribution >= 0.6 is 11.6 Å². The summed E-state index contributed by atoms with van der Waals surface area (Å²) in [7, 11) is 0. The number of esters is 1. The number of nitrogens with one attached hydrogen (secondary N) is 1. The van der Waals surface area contributed by atoms with E-state index in [2.05, 4.69) is 5.32 Å². The van der Waals surface area contributed by atoms with Gasteiger partial charge in [0.15, 0.2) is 17.6 Å². The number of rotatable bonds is 5. The molecule has 2 aromatic rings. The maximum Gasteiger partial charge on any atom is 0.341 e. The van der Waals surface area contributed by atoms with E-state index >= 15 is 0 Å². The molecule has 0 unspecified atom stereocenters. The quantitative estimate of drug-likeness (QED) is 0.808. The third kappa shape index (κ3) is 4.05. The number of carbonyl (C=O) groups is 2. The fourth-order valence-corrected chi connectivity index (χ4v) is 2.48. The summed E-state index contributed by atoms with van der Waals surface area (Å²) in [5.41, 5.74) is 0.509. The molecule has 0 aromatic heterocycles. The van der Waals surface area contributed by atoms with Crippen LogP contribution in [-0.4, -0.2) is 24.8 Å². The molecule has 1 atom stereocenters. The zero-order valence-electron chi connectivity index (χ0n) is 13.8. The lowest BCUT2D eigenvalue weighted by Gasteiger charge is -2.14. The van der Waals surface area contributed by atoms with E-state index in [9.17, 15) is 14.0 Å². The van der Waals surface area contributed by atoms with Gasteiger partial charge in [-0.3, -0.25) is 4.79 Å². The van der Waals surface area contributed by atoms with Gasteiger partial charge in [-0.25, -0.2) is 9.18 Å². The van der Waals surface area contributed by atoms with Crippen LogP contribution in [0, 0.1) is 5.82 Å². The van der Waals surface area contributed by atoms with Crippen molar-refractivity contribution in [2.45, 2.75) is 19.6 Å². The van der Waals surface area contributed by atoms with E-state index in [4.69, 9.17) is 25.8 Å². The van der Waals surface area contributed by atoms with Crippen LogP contribution in [0.25, 0.3) is 0 Å². The first-order chi connectivity index (χ1) is 12.4. The first-order valence-corrected chi connectivity index (χ1v) is 8.14. The van der Waals surface area contributed by atoms with Gasteiger partial charge in [0.2, 0.25) is 6.79 Å². The van der Waals surface area contributed by atoms with Crippen LogP contribution in [0.5, 0.6) is 11.5 Å². The van der Waals surface area contributed by atoms with Gasteiger partial charge < -0.3 is 19.5 Å². The molecule has 3 rings (SSSR count). The number of carbonyl (C=O) groups excluding carboxylic acids is 2. The summed E-state index contributed by atoms with van der Waals surface area (Å²) >= 11 is 5.64. The van der Waals surface area contributed by atoms with E-state index in [-0.39, 0.29) is 23.9 Å². The first kappa shape index (κ1) is 18.0. The molecule has 0 spiro atoms. The first-order valence-electron chi connectivity index (χ1n) is 7.76. The summed E-state index contributed by atoms with van der Waals surface area (Å²) in [4.78, 5) is 24.1. The van der Waals surface area contributed by atoms with E-state index in [1.165, 1.54) is 19.1 Å². The average Bonchev–Trinajstić information content (AvgIpc) is 3.07. The van der Waals surface area contributed by atoms with Crippen LogP contribution in [0.15, 0.2) is 36.4 Å². The topological polar surface area (TPSA) is 73.9 Å². The minimum Gasteiger partial charge on any atom is -0.454 e. The summed E-state index contributed by atoms with van der Waals surface area (Å²) in [5, 5.41) is 2.80. The Balaban J connectivity index is 1.55. The Morgan fingerprint density at radius 2 is 2.00 bits per heavy atom. The van der Waals surface area contributed by atoms with Gasteiger partial charge in [-0.2, -0.15) is 0 Å². The van der Waals surface area contributed by atoms with E-state index < -0.39 is 23.8 Å². The third-order valence-electron chi connectivity index (χ3n) is 3.71. The predicted octanol–water partition coefficient (Wildman–Crippen LogP) is 3.07. The van der Waals surface area contributed by atoms with Crippen molar-refractivity contribution in [2.24, 2.45) is 0 Å². The molecule has 1 aliphatic heterocycles. The predicted molar refractivity (Wildman–Crippen MR) is 90.7 cm³/mol. The molecule has 6 nitrogen and oxygen atoms in total. The van der Waals surface area contributed by atoms with Crippen molar-refractivity contribution in [3.63, 3.8) is 0 Å². The van der Waals surface area contributed by atoms with Crippen LogP contribution in [0.1, 0.15) is 22.8 Å². The molecular formula is C18H15ClFNO5. The zero-order chi connectivity index (χ0) is 18.7. The summed E-state index contributed by atoms with van der Waals surface area (Å²) in [6.07, 6.45) is -1.09. The van der Waals surface area contributed by atoms with Gasteiger partial charge in [0.25, 0.3) is 5.91 Å². The molecule has 0 fully saturated rings. The second kappa shape index (κ2) is 7.61. The van der Waals surface area contributed by atoms with Crippen LogP contribution in [0.2, 0.25) is 5.02 Å². The zero-order valence-corrected chi connectivity index (χ0v) is 14.5. The highest BCUT2D eigenvalue weighted by Gasteiger charge is 2.21. The summed E-state index contributed by atoms with van der Waals surface area (Å²) in [6, 6.07) is 8.86. The van der Waals surface area contributed by atoms with E-state index in [0.717, 1.165) is 11.6 Å². The van der Waals surface area contributed by atoms with E-state index in [1.54, 1.807) is 18.2 Å². The maximum atomic E-state index is 13.7. The standard InChI is InChI=1S/C18H15ClFNO5/c1-10(26-18(23)13-4-3-12(19)7-14(13)20)17(22)21-8-11-2-5-15-16(6-11)25-9-24-15/h2-7,10H,8-9H2,1H3,(H,21,22)/t10-/m0/s1. The van der Waals surface area contributed by atoms with E-state index in [1.807, 2.05) is 0 Å². The Morgan fingerprint density at radius 3 is 2.77 bits per heavy atom. The van der Waals surface area contributed by atoms with Crippen LogP contribution in [-0.2, 0) is 16.1 Å². The van der Waals surface area contributed by atoms with Gasteiger partial charge in [-0.1, -0.05) is 17.7 Å². The van der Waals surface area contributed by atoms with Gasteiger partial charge in [0, 0.05) is 11.6 Å². The lowest BCUT2D eigenvalue weighted by Crippen LogP contribution is -2.35. The maximum absolute atomic E-state index is 13.7. The van der Waals surface area contributed by atoms with Gasteiger partial charge in [0.05, 0.1) is 5.56 Å². The Bertz CT molecular complexity index is 857. The fourth-order valence-electron chi connectivity index (χ4n) is 2.32. The van der Waals surface area contributed by atoms with Crippen molar-refractivity contribution in [3.05, 3.63) is 58.4 Å². The van der Waals surface area contributed by atoms with Crippen molar-refractivity contribution < 1.29 is 28.2 Å². The normalized spacial score (nSPS) is 13.2. The highest BCUT2D eigenvalue weighted by atomic mass is 35.5. The van der Waals surface area contributed by atoms with Crippen LogP contribution in [0.3, 0.4) is 0 Å². The van der Waals surface area contributed by atoms with Gasteiger partial charge >= 0.3 is 5.97 Å². The fraction of sp³-hybridized carbons (Fsp3) is 0.222. The molecule has 1 amide bonds. The average molecular weight is 380 g/mol. The molecule has 0 radical (unpaired) electrons. The molecule has 1 aliphatic rings. The molecule has 2 aromatic carbocycles. The second-order valence-electron chi connectivity index (χ2n) is 5.58. The molecule has 0 saturated heterocycles. The Labute approximate surface area is 153 Å². The summed E-state index contributed by atoms with van der Waals surface area (Å²) in [6.45, 7) is 1.78. The smallest absolute Gasteiger partial charge is 0.341 e. The Morgan fingerprint density at radius 1 is 1.23 bits per heavy atom. The van der Waals surface area contributed by atoms with Crippen molar-refractivity contribution >= 4 is 23.5 Å². The number of halogens is 2. The Kier molecular flexibility index (Phi) is 5.27. The minimum atomic E-state index is -1.09. The minimum absolute atomic E-state index is 0.161. The van der Waals surface area contributed by atoms with Crippen molar-refractivity contribution in [3.8, 4) is 11.5 Å². The van der Waals surface area contributed by atoms with Gasteiger partial charge in [-0.05, 0) is 42.8 Å². The summed E-state index contributed by atoms with van der Waals surface area (Å²) < 4.78 is 29.2. The second-order valence-corrected chi connectivity index (χ2v) is 6.01. The molecular weight excluding hydrogens is 365 g/mol. The molecule has 0 bridgehead atoms. The monoisotopic (exact) mass is 379 g/mol. The van der Waals surface area contributed by atoms with Gasteiger partial charge in [-0.15, -0.1) is 0 Å². The number of amides is 1. The molecule has 1 N–H and O–H groups in total. The van der Waals surface area contributed by atoms with Crippen molar-refractivity contribution in [1.82, 2.24) is 5.32 Å². The highest BCUT2D eigenvalue weighted by molar-refractivity contribution is 6.30. The highest BCUT2D eigenvalue weighted by Crippen LogP contribution is 2.32. The number of ether oxygens (including phenoxy) is 3. The molecule has 26 heavy (non-hydrogen) atoms. The lowest BCUT2D eigenvalue weighted by molar-refractivity contribution is -0.129. The summed E-state index contributed by atoms with van der Waals surface area (Å²) in [5.74, 6) is -1.01.